The van der Waals surface area contributed by atoms with Gasteiger partial charge in [0, 0.05) is 11.4 Å². The standard InChI is InChI=1S/C36H50N2O5S/c1-9-11-12-13-20-43-30-17-14-28(15-18-30)37-29-16-19-34(33(23-29)36(39)42-10-2)38-44(40,41)35-31(25(5)6)21-27(24(3)4)22-32(35)26(7)8/h14-19,21-26,37-38H,9-13,20H2,1-8H3. The second kappa shape index (κ2) is 16.0. The normalized spacial score (nSPS) is 11.7. The fraction of sp³-hybridized carbons (Fsp3) is 0.472. The lowest BCUT2D eigenvalue weighted by atomic mass is 9.89. The van der Waals surface area contributed by atoms with Crippen LogP contribution in [0.4, 0.5) is 17.1 Å². The zero-order valence-corrected chi connectivity index (χ0v) is 28.4. The van der Waals surface area contributed by atoms with Gasteiger partial charge in [0.25, 0.3) is 10.0 Å². The molecule has 0 atom stereocenters. The van der Waals surface area contributed by atoms with Crippen LogP contribution in [0.2, 0.25) is 0 Å². The van der Waals surface area contributed by atoms with Crippen LogP contribution in [0.15, 0.2) is 59.5 Å². The number of carbonyl (C=O) groups is 1. The van der Waals surface area contributed by atoms with E-state index in [1.54, 1.807) is 25.1 Å². The van der Waals surface area contributed by atoms with E-state index in [9.17, 15) is 13.2 Å². The minimum atomic E-state index is -4.06. The lowest BCUT2D eigenvalue weighted by Gasteiger charge is -2.23. The van der Waals surface area contributed by atoms with Crippen molar-refractivity contribution in [2.45, 2.75) is 104 Å². The third-order valence-electron chi connectivity index (χ3n) is 7.52. The fourth-order valence-corrected chi connectivity index (χ4v) is 6.78. The van der Waals surface area contributed by atoms with E-state index in [1.807, 2.05) is 64.1 Å². The number of rotatable bonds is 16. The lowest BCUT2D eigenvalue weighted by molar-refractivity contribution is 0.0527. The van der Waals surface area contributed by atoms with E-state index in [0.29, 0.717) is 12.3 Å². The van der Waals surface area contributed by atoms with Gasteiger partial charge in [0.2, 0.25) is 0 Å². The van der Waals surface area contributed by atoms with Gasteiger partial charge in [-0.15, -0.1) is 0 Å². The average molecular weight is 623 g/mol. The molecule has 2 N–H and O–H groups in total. The van der Waals surface area contributed by atoms with Gasteiger partial charge < -0.3 is 14.8 Å². The van der Waals surface area contributed by atoms with E-state index in [1.165, 1.54) is 12.8 Å². The van der Waals surface area contributed by atoms with E-state index in [2.05, 4.69) is 30.8 Å². The number of hydrogen-bond donors (Lipinski definition) is 2. The summed E-state index contributed by atoms with van der Waals surface area (Å²) in [5.41, 5.74) is 4.34. The largest absolute Gasteiger partial charge is 0.494 e. The number of ether oxygens (including phenoxy) is 2. The topological polar surface area (TPSA) is 93.7 Å². The smallest absolute Gasteiger partial charge is 0.340 e. The molecule has 0 unspecified atom stereocenters. The van der Waals surface area contributed by atoms with Crippen molar-refractivity contribution in [1.82, 2.24) is 0 Å². The van der Waals surface area contributed by atoms with Gasteiger partial charge >= 0.3 is 5.97 Å². The molecule has 3 rings (SSSR count). The Morgan fingerprint density at radius 2 is 1.39 bits per heavy atom. The zero-order chi connectivity index (χ0) is 32.4. The summed E-state index contributed by atoms with van der Waals surface area (Å²) in [5.74, 6) is 0.402. The molecule has 0 fully saturated rings. The lowest BCUT2D eigenvalue weighted by Crippen LogP contribution is -2.21. The Bertz CT molecular complexity index is 1470. The Kier molecular flexibility index (Phi) is 12.7. The molecule has 44 heavy (non-hydrogen) atoms. The summed E-state index contributed by atoms with van der Waals surface area (Å²) in [5, 5.41) is 3.30. The van der Waals surface area contributed by atoms with Gasteiger partial charge in [-0.2, -0.15) is 0 Å². The van der Waals surface area contributed by atoms with Crippen molar-refractivity contribution < 1.29 is 22.7 Å². The van der Waals surface area contributed by atoms with E-state index in [0.717, 1.165) is 41.0 Å². The molecule has 7 nitrogen and oxygen atoms in total. The Hall–Kier alpha value is -3.52. The molecule has 3 aromatic carbocycles. The second-order valence-electron chi connectivity index (χ2n) is 12.1. The minimum Gasteiger partial charge on any atom is -0.494 e. The molecule has 0 aliphatic carbocycles. The molecule has 0 amide bonds. The molecule has 0 radical (unpaired) electrons. The van der Waals surface area contributed by atoms with Gasteiger partial charge in [0.05, 0.1) is 29.4 Å². The van der Waals surface area contributed by atoms with E-state index in [4.69, 9.17) is 9.47 Å². The minimum absolute atomic E-state index is 0.0216. The number of nitrogens with one attached hydrogen (secondary N) is 2. The van der Waals surface area contributed by atoms with Crippen molar-refractivity contribution in [3.05, 3.63) is 76.9 Å². The Balaban J connectivity index is 1.93. The highest BCUT2D eigenvalue weighted by Crippen LogP contribution is 2.37. The van der Waals surface area contributed by atoms with E-state index >= 15 is 0 Å². The van der Waals surface area contributed by atoms with Crippen LogP contribution in [-0.2, 0) is 14.8 Å². The number of anilines is 3. The SMILES string of the molecule is CCCCCCOc1ccc(Nc2ccc(NS(=O)(=O)c3c(C(C)C)cc(C(C)C)cc3C(C)C)c(C(=O)OCC)c2)cc1. The number of benzene rings is 3. The van der Waals surface area contributed by atoms with Gasteiger partial charge in [-0.05, 0) is 90.3 Å². The number of hydrogen-bond acceptors (Lipinski definition) is 6. The highest BCUT2D eigenvalue weighted by molar-refractivity contribution is 7.92. The monoisotopic (exact) mass is 622 g/mol. The first-order valence-corrected chi connectivity index (χ1v) is 17.4. The van der Waals surface area contributed by atoms with Gasteiger partial charge in [-0.25, -0.2) is 13.2 Å². The molecule has 0 aliphatic heterocycles. The maximum absolute atomic E-state index is 14.1. The van der Waals surface area contributed by atoms with Gasteiger partial charge in [-0.3, -0.25) is 4.72 Å². The molecule has 3 aromatic rings. The van der Waals surface area contributed by atoms with Crippen LogP contribution in [0.1, 0.15) is 126 Å². The van der Waals surface area contributed by atoms with Crippen LogP contribution < -0.4 is 14.8 Å². The summed E-state index contributed by atoms with van der Waals surface area (Å²) in [7, 11) is -4.06. The molecule has 240 valence electrons. The van der Waals surface area contributed by atoms with Crippen LogP contribution in [0.3, 0.4) is 0 Å². The quantitative estimate of drug-likeness (QED) is 0.122. The van der Waals surface area contributed by atoms with Crippen LogP contribution in [0, 0.1) is 0 Å². The molecule has 0 aliphatic rings. The summed E-state index contributed by atoms with van der Waals surface area (Å²) in [4.78, 5) is 13.3. The summed E-state index contributed by atoms with van der Waals surface area (Å²) in [6, 6.07) is 16.6. The Morgan fingerprint density at radius 3 is 1.93 bits per heavy atom. The van der Waals surface area contributed by atoms with Crippen LogP contribution in [0.25, 0.3) is 0 Å². The highest BCUT2D eigenvalue weighted by atomic mass is 32.2. The second-order valence-corrected chi connectivity index (χ2v) is 13.8. The summed E-state index contributed by atoms with van der Waals surface area (Å²) in [6.07, 6.45) is 4.59. The van der Waals surface area contributed by atoms with E-state index < -0.39 is 16.0 Å². The zero-order valence-electron chi connectivity index (χ0n) is 27.6. The molecular weight excluding hydrogens is 572 g/mol. The molecule has 0 heterocycles. The molecule has 0 saturated carbocycles. The van der Waals surface area contributed by atoms with Crippen LogP contribution in [0.5, 0.6) is 5.75 Å². The summed E-state index contributed by atoms with van der Waals surface area (Å²) < 4.78 is 42.1. The van der Waals surface area contributed by atoms with Gasteiger partial charge in [-0.1, -0.05) is 79.9 Å². The van der Waals surface area contributed by atoms with Gasteiger partial charge in [0.15, 0.2) is 0 Å². The van der Waals surface area contributed by atoms with Gasteiger partial charge in [0.1, 0.15) is 5.75 Å². The first-order chi connectivity index (χ1) is 20.9. The number of esters is 1. The fourth-order valence-electron chi connectivity index (χ4n) is 5.00. The van der Waals surface area contributed by atoms with Crippen molar-refractivity contribution in [2.75, 3.05) is 23.3 Å². The third-order valence-corrected chi connectivity index (χ3v) is 9.01. The first-order valence-electron chi connectivity index (χ1n) is 15.9. The van der Waals surface area contributed by atoms with Crippen molar-refractivity contribution in [3.8, 4) is 5.75 Å². The van der Waals surface area contributed by atoms with Crippen molar-refractivity contribution >= 4 is 33.1 Å². The molecule has 0 aromatic heterocycles. The molecule has 0 spiro atoms. The summed E-state index contributed by atoms with van der Waals surface area (Å²) in [6.45, 7) is 17.0. The van der Waals surface area contributed by atoms with Crippen molar-refractivity contribution in [1.29, 1.82) is 0 Å². The number of sulfonamides is 1. The first kappa shape index (κ1) is 35.0. The van der Waals surface area contributed by atoms with Crippen molar-refractivity contribution in [2.24, 2.45) is 0 Å². The molecular formula is C36H50N2O5S. The molecule has 0 saturated heterocycles. The summed E-state index contributed by atoms with van der Waals surface area (Å²) >= 11 is 0. The Morgan fingerprint density at radius 1 is 0.773 bits per heavy atom. The van der Waals surface area contributed by atoms with Crippen molar-refractivity contribution in [3.63, 3.8) is 0 Å². The van der Waals surface area contributed by atoms with E-state index in [-0.39, 0.29) is 40.5 Å². The average Bonchev–Trinajstić information content (AvgIpc) is 2.97. The number of unbranched alkanes of at least 4 members (excludes halogenated alkanes) is 3. The maximum Gasteiger partial charge on any atom is 0.340 e. The Labute approximate surface area is 264 Å². The predicted molar refractivity (Wildman–Crippen MR) is 181 cm³/mol. The maximum atomic E-state index is 14.1. The predicted octanol–water partition coefficient (Wildman–Crippen LogP) is 9.74. The van der Waals surface area contributed by atoms with Crippen LogP contribution >= 0.6 is 0 Å². The van der Waals surface area contributed by atoms with Crippen LogP contribution in [-0.4, -0.2) is 27.6 Å². The molecule has 8 heteroatoms. The molecule has 0 bridgehead atoms. The third kappa shape index (κ3) is 9.24. The highest BCUT2D eigenvalue weighted by Gasteiger charge is 2.28. The number of carbonyl (C=O) groups excluding carboxylic acids is 1.